The fourth-order valence-corrected chi connectivity index (χ4v) is 4.55. The Morgan fingerprint density at radius 1 is 1.19 bits per heavy atom. The Balaban J connectivity index is 1.50. The number of hydrogen-bond acceptors (Lipinski definition) is 3. The minimum atomic E-state index is 0.134. The van der Waals surface area contributed by atoms with Crippen LogP contribution < -0.4 is 0 Å². The van der Waals surface area contributed by atoms with Gasteiger partial charge in [0, 0.05) is 36.1 Å². The molecule has 0 radical (unpaired) electrons. The van der Waals surface area contributed by atoms with Crippen molar-refractivity contribution in [2.24, 2.45) is 0 Å². The van der Waals surface area contributed by atoms with Crippen molar-refractivity contribution in [2.45, 2.75) is 42.4 Å². The first-order valence-electron chi connectivity index (χ1n) is 9.14. The molecular formula is C21H23N3OS. The number of rotatable bonds is 5. The third-order valence-electron chi connectivity index (χ3n) is 5.10. The molecular weight excluding hydrogens is 342 g/mol. The van der Waals surface area contributed by atoms with Crippen LogP contribution in [0.15, 0.2) is 59.8 Å². The highest BCUT2D eigenvalue weighted by atomic mass is 32.2. The zero-order valence-corrected chi connectivity index (χ0v) is 15.8. The van der Waals surface area contributed by atoms with Gasteiger partial charge in [0.1, 0.15) is 5.65 Å². The molecule has 1 saturated carbocycles. The van der Waals surface area contributed by atoms with E-state index < -0.39 is 0 Å². The maximum atomic E-state index is 13.0. The highest BCUT2D eigenvalue weighted by molar-refractivity contribution is 7.98. The van der Waals surface area contributed by atoms with Gasteiger partial charge in [0.2, 0.25) is 0 Å². The molecule has 4 rings (SSSR count). The number of nitrogens with zero attached hydrogens (tertiary/aromatic N) is 3. The van der Waals surface area contributed by atoms with Gasteiger partial charge in [-0.1, -0.05) is 31.0 Å². The molecule has 1 aliphatic rings. The Morgan fingerprint density at radius 2 is 1.96 bits per heavy atom. The molecule has 134 valence electrons. The van der Waals surface area contributed by atoms with Gasteiger partial charge < -0.3 is 9.30 Å². The third-order valence-corrected chi connectivity index (χ3v) is 6.21. The third kappa shape index (κ3) is 3.49. The first-order valence-corrected chi connectivity index (χ1v) is 10.1. The van der Waals surface area contributed by atoms with E-state index in [0.29, 0.717) is 6.04 Å². The fraction of sp³-hybridized carbons (Fsp3) is 0.333. The summed E-state index contributed by atoms with van der Waals surface area (Å²) in [4.78, 5) is 20.6. The second kappa shape index (κ2) is 7.54. The summed E-state index contributed by atoms with van der Waals surface area (Å²) in [6.07, 6.45) is 8.76. The number of aromatic nitrogens is 2. The molecule has 3 aromatic rings. The van der Waals surface area contributed by atoms with Gasteiger partial charge in [-0.15, -0.1) is 11.8 Å². The van der Waals surface area contributed by atoms with E-state index in [1.54, 1.807) is 11.8 Å². The highest BCUT2D eigenvalue weighted by Crippen LogP contribution is 2.29. The van der Waals surface area contributed by atoms with E-state index in [9.17, 15) is 4.79 Å². The molecule has 0 bridgehead atoms. The van der Waals surface area contributed by atoms with Gasteiger partial charge in [-0.25, -0.2) is 4.98 Å². The summed E-state index contributed by atoms with van der Waals surface area (Å²) in [5, 5.41) is 0. The average molecular weight is 366 g/mol. The molecule has 5 heteroatoms. The van der Waals surface area contributed by atoms with Crippen molar-refractivity contribution in [3.05, 3.63) is 66.1 Å². The summed E-state index contributed by atoms with van der Waals surface area (Å²) in [6, 6.07) is 14.3. The number of carbonyl (C=O) groups excluding carboxylic acids is 1. The van der Waals surface area contributed by atoms with Crippen molar-refractivity contribution in [1.82, 2.24) is 14.3 Å². The quantitative estimate of drug-likeness (QED) is 0.618. The van der Waals surface area contributed by atoms with Crippen LogP contribution >= 0.6 is 11.8 Å². The lowest BCUT2D eigenvalue weighted by atomic mass is 10.1. The van der Waals surface area contributed by atoms with Crippen LogP contribution in [0.3, 0.4) is 0 Å². The zero-order valence-electron chi connectivity index (χ0n) is 15.0. The van der Waals surface area contributed by atoms with Gasteiger partial charge in [-0.05, 0) is 37.1 Å². The molecule has 2 heterocycles. The number of benzene rings is 1. The highest BCUT2D eigenvalue weighted by Gasteiger charge is 2.25. The van der Waals surface area contributed by atoms with Crippen LogP contribution in [-0.2, 0) is 5.75 Å². The number of fused-ring (bicyclic) bond motifs is 1. The Labute approximate surface area is 158 Å². The maximum Gasteiger partial charge on any atom is 0.254 e. The van der Waals surface area contributed by atoms with Crippen LogP contribution in [-0.4, -0.2) is 33.3 Å². The van der Waals surface area contributed by atoms with Crippen molar-refractivity contribution in [3.63, 3.8) is 0 Å². The second-order valence-electron chi connectivity index (χ2n) is 6.84. The van der Waals surface area contributed by atoms with E-state index in [1.165, 1.54) is 12.8 Å². The van der Waals surface area contributed by atoms with Crippen LogP contribution in [0, 0.1) is 0 Å². The SMILES string of the molecule is CN(C(=O)c1ccccc1SCc1cn2ccccc2n1)C1CCCC1. The van der Waals surface area contributed by atoms with Crippen molar-refractivity contribution >= 4 is 23.3 Å². The molecule has 2 aromatic heterocycles. The molecule has 1 aromatic carbocycles. The zero-order chi connectivity index (χ0) is 17.9. The Hall–Kier alpha value is -2.27. The first kappa shape index (κ1) is 17.2. The standard InChI is InChI=1S/C21H23N3OS/c1-23(17-8-2-3-9-17)21(25)18-10-4-5-11-19(18)26-15-16-14-24-13-7-6-12-20(24)22-16/h4-7,10-14,17H,2-3,8-9,15H2,1H3. The van der Waals surface area contributed by atoms with Crippen molar-refractivity contribution < 1.29 is 4.79 Å². The molecule has 1 fully saturated rings. The monoisotopic (exact) mass is 365 g/mol. The van der Waals surface area contributed by atoms with Gasteiger partial charge in [-0.2, -0.15) is 0 Å². The largest absolute Gasteiger partial charge is 0.339 e. The van der Waals surface area contributed by atoms with Crippen molar-refractivity contribution in [1.29, 1.82) is 0 Å². The fourth-order valence-electron chi connectivity index (χ4n) is 3.62. The van der Waals surface area contributed by atoms with Gasteiger partial charge in [0.15, 0.2) is 0 Å². The number of hydrogen-bond donors (Lipinski definition) is 0. The van der Waals surface area contributed by atoms with Crippen LogP contribution in [0.2, 0.25) is 0 Å². The minimum absolute atomic E-state index is 0.134. The molecule has 4 nitrogen and oxygen atoms in total. The van der Waals surface area contributed by atoms with E-state index in [4.69, 9.17) is 0 Å². The Morgan fingerprint density at radius 3 is 2.77 bits per heavy atom. The van der Waals surface area contributed by atoms with Gasteiger partial charge in [0.05, 0.1) is 11.3 Å². The lowest BCUT2D eigenvalue weighted by Gasteiger charge is -2.25. The minimum Gasteiger partial charge on any atom is -0.339 e. The van der Waals surface area contributed by atoms with E-state index >= 15 is 0 Å². The van der Waals surface area contributed by atoms with Gasteiger partial charge in [0.25, 0.3) is 5.91 Å². The van der Waals surface area contributed by atoms with Crippen molar-refractivity contribution in [3.8, 4) is 0 Å². The maximum absolute atomic E-state index is 13.0. The summed E-state index contributed by atoms with van der Waals surface area (Å²) in [5.74, 6) is 0.883. The van der Waals surface area contributed by atoms with Crippen LogP contribution in [0.25, 0.3) is 5.65 Å². The van der Waals surface area contributed by atoms with E-state index in [1.807, 2.05) is 65.0 Å². The average Bonchev–Trinajstić information content (AvgIpc) is 3.34. The molecule has 0 unspecified atom stereocenters. The number of imidazole rings is 1. The molecule has 1 amide bonds. The number of carbonyl (C=O) groups is 1. The first-order chi connectivity index (χ1) is 12.7. The predicted molar refractivity (Wildman–Crippen MR) is 106 cm³/mol. The molecule has 1 aliphatic carbocycles. The van der Waals surface area contributed by atoms with Crippen LogP contribution in [0.1, 0.15) is 41.7 Å². The topological polar surface area (TPSA) is 37.6 Å². The lowest BCUT2D eigenvalue weighted by Crippen LogP contribution is -2.35. The predicted octanol–water partition coefficient (Wildman–Crippen LogP) is 4.64. The second-order valence-corrected chi connectivity index (χ2v) is 7.85. The summed E-state index contributed by atoms with van der Waals surface area (Å²) >= 11 is 1.68. The Bertz CT molecular complexity index is 881. The molecule has 0 aliphatic heterocycles. The Kier molecular flexibility index (Phi) is 4.98. The normalized spacial score (nSPS) is 14.8. The van der Waals surface area contributed by atoms with Crippen LogP contribution in [0.4, 0.5) is 0 Å². The van der Waals surface area contributed by atoms with Gasteiger partial charge in [-0.3, -0.25) is 4.79 Å². The number of amides is 1. The molecule has 0 atom stereocenters. The summed E-state index contributed by atoms with van der Waals surface area (Å²) in [7, 11) is 1.95. The molecule has 0 spiro atoms. The summed E-state index contributed by atoms with van der Waals surface area (Å²) < 4.78 is 2.03. The summed E-state index contributed by atoms with van der Waals surface area (Å²) in [6.45, 7) is 0. The lowest BCUT2D eigenvalue weighted by molar-refractivity contribution is 0.0731. The number of pyridine rings is 1. The van der Waals surface area contributed by atoms with E-state index in [-0.39, 0.29) is 5.91 Å². The van der Waals surface area contributed by atoms with Gasteiger partial charge >= 0.3 is 0 Å². The van der Waals surface area contributed by atoms with Crippen LogP contribution in [0.5, 0.6) is 0 Å². The van der Waals surface area contributed by atoms with E-state index in [2.05, 4.69) is 11.2 Å². The molecule has 0 N–H and O–H groups in total. The van der Waals surface area contributed by atoms with E-state index in [0.717, 1.165) is 40.4 Å². The number of thioether (sulfide) groups is 1. The summed E-state index contributed by atoms with van der Waals surface area (Å²) in [5.41, 5.74) is 2.77. The smallest absolute Gasteiger partial charge is 0.254 e. The molecule has 0 saturated heterocycles. The molecule has 26 heavy (non-hydrogen) atoms. The van der Waals surface area contributed by atoms with Crippen molar-refractivity contribution in [2.75, 3.05) is 7.05 Å².